The molecule has 1 rings (SSSR count). The maximum atomic E-state index is 13.8. The van der Waals surface area contributed by atoms with Gasteiger partial charge in [0.1, 0.15) is 16.1 Å². The highest BCUT2D eigenvalue weighted by molar-refractivity contribution is 7.91. The zero-order valence-electron chi connectivity index (χ0n) is 10.6. The third kappa shape index (κ3) is 3.85. The fourth-order valence-corrected chi connectivity index (χ4v) is 2.24. The number of nitrogens with zero attached hydrogens (tertiary/aromatic N) is 1. The first-order chi connectivity index (χ1) is 8.12. The summed E-state index contributed by atoms with van der Waals surface area (Å²) in [5.41, 5.74) is 0.482. The van der Waals surface area contributed by atoms with Crippen LogP contribution in [0.15, 0.2) is 16.5 Å². The Bertz CT molecular complexity index is 486. The van der Waals surface area contributed by atoms with Crippen molar-refractivity contribution in [3.8, 4) is 0 Å². The van der Waals surface area contributed by atoms with Crippen molar-refractivity contribution in [2.45, 2.75) is 32.4 Å². The third-order valence-corrected chi connectivity index (χ3v) is 4.11. The van der Waals surface area contributed by atoms with Gasteiger partial charge in [-0.25, -0.2) is 4.39 Å². The summed E-state index contributed by atoms with van der Waals surface area (Å²) in [4.78, 5) is 0. The van der Waals surface area contributed by atoms with Crippen molar-refractivity contribution in [1.29, 1.82) is 0 Å². The predicted molar refractivity (Wildman–Crippen MR) is 76.5 cm³/mol. The molecular weight excluding hydrogens is 296 g/mol. The van der Waals surface area contributed by atoms with E-state index in [1.54, 1.807) is 27.7 Å². The lowest BCUT2D eigenvalue weighted by atomic mass is 10.1. The molecule has 0 radical (unpaired) electrons. The number of rotatable bonds is 2. The van der Waals surface area contributed by atoms with Crippen LogP contribution in [0.1, 0.15) is 33.3 Å². The predicted octanol–water partition coefficient (Wildman–Crippen LogP) is 4.40. The summed E-state index contributed by atoms with van der Waals surface area (Å²) >= 11 is 10.1. The molecule has 0 bridgehead atoms. The van der Waals surface area contributed by atoms with Gasteiger partial charge in [0, 0.05) is 10.6 Å². The molecule has 0 heterocycles. The smallest absolute Gasteiger partial charge is 0.151 e. The SMILES string of the molecule is CC(=N[S+]([O-])C(C)(C)C)c1cc(Cl)cc(Cl)c1F. The van der Waals surface area contributed by atoms with E-state index in [9.17, 15) is 8.94 Å². The summed E-state index contributed by atoms with van der Waals surface area (Å²) in [5, 5.41) is 0.237. The van der Waals surface area contributed by atoms with Crippen LogP contribution in [0.4, 0.5) is 4.39 Å². The average Bonchev–Trinajstić information content (AvgIpc) is 2.21. The van der Waals surface area contributed by atoms with Crippen LogP contribution >= 0.6 is 23.2 Å². The largest absolute Gasteiger partial charge is 0.591 e. The summed E-state index contributed by atoms with van der Waals surface area (Å²) in [6.45, 7) is 6.96. The topological polar surface area (TPSA) is 35.4 Å². The molecule has 1 atom stereocenters. The van der Waals surface area contributed by atoms with Gasteiger partial charge in [-0.15, -0.1) is 0 Å². The van der Waals surface area contributed by atoms with Crippen LogP contribution < -0.4 is 0 Å². The van der Waals surface area contributed by atoms with Gasteiger partial charge in [0.25, 0.3) is 0 Å². The molecule has 6 heteroatoms. The Balaban J connectivity index is 3.19. The summed E-state index contributed by atoms with van der Waals surface area (Å²) in [5.74, 6) is -0.603. The van der Waals surface area contributed by atoms with Gasteiger partial charge in [0.2, 0.25) is 0 Å². The van der Waals surface area contributed by atoms with Gasteiger partial charge in [-0.2, -0.15) is 0 Å². The molecule has 1 aromatic rings. The molecule has 0 saturated heterocycles. The van der Waals surface area contributed by atoms with Crippen LogP contribution in [-0.2, 0) is 11.4 Å². The van der Waals surface area contributed by atoms with Gasteiger partial charge in [-0.05, 0) is 39.8 Å². The van der Waals surface area contributed by atoms with Crippen molar-refractivity contribution in [3.05, 3.63) is 33.6 Å². The van der Waals surface area contributed by atoms with Crippen molar-refractivity contribution >= 4 is 40.3 Å². The van der Waals surface area contributed by atoms with E-state index in [-0.39, 0.29) is 10.6 Å². The first-order valence-electron chi connectivity index (χ1n) is 5.25. The molecule has 0 N–H and O–H groups in total. The van der Waals surface area contributed by atoms with Gasteiger partial charge >= 0.3 is 0 Å². The van der Waals surface area contributed by atoms with E-state index in [1.165, 1.54) is 12.1 Å². The van der Waals surface area contributed by atoms with Crippen molar-refractivity contribution in [3.63, 3.8) is 0 Å². The molecule has 0 spiro atoms. The zero-order valence-corrected chi connectivity index (χ0v) is 12.9. The Morgan fingerprint density at radius 2 is 1.89 bits per heavy atom. The van der Waals surface area contributed by atoms with Crippen molar-refractivity contribution in [1.82, 2.24) is 0 Å². The lowest BCUT2D eigenvalue weighted by Gasteiger charge is -2.19. The highest BCUT2D eigenvalue weighted by Crippen LogP contribution is 2.25. The quantitative estimate of drug-likeness (QED) is 0.453. The molecule has 1 unspecified atom stereocenters. The average molecular weight is 310 g/mol. The monoisotopic (exact) mass is 309 g/mol. The first-order valence-corrected chi connectivity index (χ1v) is 7.11. The molecule has 0 aliphatic rings. The van der Waals surface area contributed by atoms with E-state index in [0.717, 1.165) is 0 Å². The molecule has 18 heavy (non-hydrogen) atoms. The van der Waals surface area contributed by atoms with Gasteiger partial charge < -0.3 is 4.55 Å². The fraction of sp³-hybridized carbons (Fsp3) is 0.417. The Morgan fingerprint density at radius 3 is 2.39 bits per heavy atom. The lowest BCUT2D eigenvalue weighted by Crippen LogP contribution is -2.26. The highest BCUT2D eigenvalue weighted by Gasteiger charge is 2.27. The molecule has 1 aromatic carbocycles. The lowest BCUT2D eigenvalue weighted by molar-refractivity contribution is 0.561. The van der Waals surface area contributed by atoms with Crippen LogP contribution in [0.5, 0.6) is 0 Å². The summed E-state index contributed by atoms with van der Waals surface area (Å²) < 4.78 is 29.2. The van der Waals surface area contributed by atoms with Gasteiger partial charge in [0.05, 0.1) is 10.7 Å². The Labute approximate surface area is 120 Å². The zero-order chi connectivity index (χ0) is 14.1. The fourth-order valence-electron chi connectivity index (χ4n) is 1.13. The van der Waals surface area contributed by atoms with Gasteiger partial charge in [0.15, 0.2) is 5.82 Å². The first kappa shape index (κ1) is 15.8. The van der Waals surface area contributed by atoms with E-state index >= 15 is 0 Å². The van der Waals surface area contributed by atoms with Crippen LogP contribution in [0, 0.1) is 5.82 Å². The summed E-state index contributed by atoms with van der Waals surface area (Å²) in [7, 11) is 0. The Hall–Kier alpha value is -0.290. The second-order valence-electron chi connectivity index (χ2n) is 4.79. The molecule has 0 saturated carbocycles. The number of halogens is 3. The Kier molecular flexibility index (Phi) is 5.06. The Morgan fingerprint density at radius 1 is 1.33 bits per heavy atom. The minimum Gasteiger partial charge on any atom is -0.591 e. The normalized spacial score (nSPS) is 14.8. The van der Waals surface area contributed by atoms with E-state index in [2.05, 4.69) is 4.40 Å². The number of hydrogen-bond acceptors (Lipinski definition) is 2. The molecule has 0 amide bonds. The standard InChI is InChI=1S/C12H14Cl2FNOS/c1-7(16-18(17)12(2,3)4)9-5-8(13)6-10(14)11(9)15/h5-6H,1-4H3. The van der Waals surface area contributed by atoms with E-state index in [4.69, 9.17) is 23.2 Å². The minimum atomic E-state index is -1.45. The van der Waals surface area contributed by atoms with Gasteiger partial charge in [-0.1, -0.05) is 27.6 Å². The van der Waals surface area contributed by atoms with Crippen LogP contribution in [-0.4, -0.2) is 15.0 Å². The van der Waals surface area contributed by atoms with E-state index in [0.29, 0.717) is 10.7 Å². The molecule has 100 valence electrons. The molecule has 2 nitrogen and oxygen atoms in total. The van der Waals surface area contributed by atoms with E-state index < -0.39 is 21.9 Å². The van der Waals surface area contributed by atoms with Crippen molar-refractivity contribution in [2.24, 2.45) is 4.40 Å². The van der Waals surface area contributed by atoms with Crippen LogP contribution in [0.25, 0.3) is 0 Å². The van der Waals surface area contributed by atoms with Gasteiger partial charge in [-0.3, -0.25) is 0 Å². The maximum Gasteiger partial charge on any atom is 0.151 e. The third-order valence-electron chi connectivity index (χ3n) is 2.13. The van der Waals surface area contributed by atoms with Crippen molar-refractivity contribution in [2.75, 3.05) is 0 Å². The van der Waals surface area contributed by atoms with Crippen LogP contribution in [0.3, 0.4) is 0 Å². The molecule has 0 fully saturated rings. The maximum absolute atomic E-state index is 13.8. The molecule has 0 aliphatic carbocycles. The molecular formula is C12H14Cl2FNOS. The molecule has 0 aromatic heterocycles. The van der Waals surface area contributed by atoms with Crippen LogP contribution in [0.2, 0.25) is 10.0 Å². The highest BCUT2D eigenvalue weighted by atomic mass is 35.5. The second kappa shape index (κ2) is 5.78. The number of hydrogen-bond donors (Lipinski definition) is 0. The minimum absolute atomic E-state index is 0.0754. The second-order valence-corrected chi connectivity index (χ2v) is 7.54. The van der Waals surface area contributed by atoms with Crippen molar-refractivity contribution < 1.29 is 8.94 Å². The summed E-state index contributed by atoms with van der Waals surface area (Å²) in [6.07, 6.45) is 0. The molecule has 0 aliphatic heterocycles. The number of benzene rings is 1. The summed E-state index contributed by atoms with van der Waals surface area (Å²) in [6, 6.07) is 2.73. The van der Waals surface area contributed by atoms with E-state index in [1.807, 2.05) is 0 Å².